The number of hydrogen-bond acceptors (Lipinski definition) is 7. The first-order valence-electron chi connectivity index (χ1n) is 10.7. The summed E-state index contributed by atoms with van der Waals surface area (Å²) < 4.78 is 37.2. The molecule has 9 nitrogen and oxygen atoms in total. The van der Waals surface area contributed by atoms with E-state index in [0.29, 0.717) is 18.6 Å². The van der Waals surface area contributed by atoms with Crippen molar-refractivity contribution in [1.29, 1.82) is 0 Å². The molecule has 1 aliphatic heterocycles. The summed E-state index contributed by atoms with van der Waals surface area (Å²) in [7, 11) is -2.27. The van der Waals surface area contributed by atoms with Crippen molar-refractivity contribution in [3.8, 4) is 11.5 Å². The highest BCUT2D eigenvalue weighted by molar-refractivity contribution is 7.89. The maximum absolute atomic E-state index is 12.9. The molecule has 3 rings (SSSR count). The predicted octanol–water partition coefficient (Wildman–Crippen LogP) is 2.29. The zero-order valence-electron chi connectivity index (χ0n) is 18.6. The van der Waals surface area contributed by atoms with E-state index in [4.69, 9.17) is 9.47 Å². The highest BCUT2D eigenvalue weighted by Crippen LogP contribution is 2.27. The molecule has 0 bridgehead atoms. The van der Waals surface area contributed by atoms with Crippen LogP contribution in [0.5, 0.6) is 11.5 Å². The molecule has 0 aliphatic carbocycles. The number of benzene rings is 2. The van der Waals surface area contributed by atoms with Crippen LogP contribution in [0.3, 0.4) is 0 Å². The minimum Gasteiger partial charge on any atom is -0.504 e. The molecular weight excluding hydrogens is 448 g/mol. The Morgan fingerprint density at radius 2 is 1.79 bits per heavy atom. The first-order valence-corrected chi connectivity index (χ1v) is 12.1. The van der Waals surface area contributed by atoms with E-state index in [0.717, 1.165) is 5.56 Å². The lowest BCUT2D eigenvalue weighted by Crippen LogP contribution is -2.42. The van der Waals surface area contributed by atoms with Crippen molar-refractivity contribution in [1.82, 2.24) is 9.62 Å². The van der Waals surface area contributed by atoms with Crippen LogP contribution in [0.4, 0.5) is 0 Å². The Bertz CT molecular complexity index is 1090. The molecule has 0 spiro atoms. The van der Waals surface area contributed by atoms with Gasteiger partial charge in [-0.15, -0.1) is 0 Å². The van der Waals surface area contributed by atoms with Crippen LogP contribution in [-0.2, 0) is 26.1 Å². The van der Waals surface area contributed by atoms with Gasteiger partial charge in [0, 0.05) is 25.6 Å². The number of ether oxygens (including phenoxy) is 2. The number of phenols is 1. The van der Waals surface area contributed by atoms with Gasteiger partial charge in [0.2, 0.25) is 15.9 Å². The highest BCUT2D eigenvalue weighted by atomic mass is 32.2. The largest absolute Gasteiger partial charge is 0.504 e. The summed E-state index contributed by atoms with van der Waals surface area (Å²) in [5.41, 5.74) is 1.07. The number of esters is 1. The number of rotatable bonds is 8. The Morgan fingerprint density at radius 3 is 2.39 bits per heavy atom. The first kappa shape index (κ1) is 24.5. The van der Waals surface area contributed by atoms with Crippen LogP contribution in [0.2, 0.25) is 0 Å². The SMILES string of the molecule is CCOC(=O)c1ccc(S(=O)(=O)N2CCC(C(=O)NCc3ccc(O)c(OC)c3)CC2)cc1. The number of methoxy groups -OCH3 is 1. The number of carbonyl (C=O) groups excluding carboxylic acids is 2. The number of aromatic hydroxyl groups is 1. The molecule has 2 aromatic rings. The molecule has 2 aromatic carbocycles. The quantitative estimate of drug-likeness (QED) is 0.561. The summed E-state index contributed by atoms with van der Waals surface area (Å²) >= 11 is 0. The van der Waals surface area contributed by atoms with Crippen molar-refractivity contribution < 1.29 is 32.6 Å². The van der Waals surface area contributed by atoms with E-state index in [9.17, 15) is 23.1 Å². The predicted molar refractivity (Wildman–Crippen MR) is 120 cm³/mol. The zero-order chi connectivity index (χ0) is 24.0. The molecule has 1 heterocycles. The van der Waals surface area contributed by atoms with Crippen LogP contribution < -0.4 is 10.1 Å². The Kier molecular flexibility index (Phi) is 7.93. The van der Waals surface area contributed by atoms with Gasteiger partial charge in [-0.2, -0.15) is 4.31 Å². The molecule has 0 atom stereocenters. The molecule has 1 aliphatic rings. The maximum atomic E-state index is 12.9. The van der Waals surface area contributed by atoms with Gasteiger partial charge in [-0.05, 0) is 61.7 Å². The Balaban J connectivity index is 1.55. The van der Waals surface area contributed by atoms with Crippen molar-refractivity contribution in [2.24, 2.45) is 5.92 Å². The van der Waals surface area contributed by atoms with E-state index in [-0.39, 0.29) is 54.3 Å². The van der Waals surface area contributed by atoms with Crippen LogP contribution in [0, 0.1) is 5.92 Å². The number of amides is 1. The van der Waals surface area contributed by atoms with E-state index in [1.807, 2.05) is 0 Å². The second kappa shape index (κ2) is 10.7. The van der Waals surface area contributed by atoms with Crippen LogP contribution in [0.1, 0.15) is 35.7 Å². The normalized spacial score (nSPS) is 15.1. The molecule has 0 radical (unpaired) electrons. The smallest absolute Gasteiger partial charge is 0.338 e. The minimum absolute atomic E-state index is 0.0247. The molecule has 0 saturated carbocycles. The third-order valence-corrected chi connectivity index (χ3v) is 7.45. The zero-order valence-corrected chi connectivity index (χ0v) is 19.4. The van der Waals surface area contributed by atoms with Crippen LogP contribution >= 0.6 is 0 Å². The number of phenolic OH excluding ortho intramolecular Hbond substituents is 1. The Hall–Kier alpha value is -3.11. The van der Waals surface area contributed by atoms with E-state index < -0.39 is 16.0 Å². The van der Waals surface area contributed by atoms with Crippen molar-refractivity contribution in [2.75, 3.05) is 26.8 Å². The topological polar surface area (TPSA) is 122 Å². The molecule has 0 aromatic heterocycles. The lowest BCUT2D eigenvalue weighted by Gasteiger charge is -2.30. The molecule has 0 unspecified atom stereocenters. The summed E-state index contributed by atoms with van der Waals surface area (Å²) in [6.07, 6.45) is 0.815. The van der Waals surface area contributed by atoms with E-state index >= 15 is 0 Å². The average Bonchev–Trinajstić information content (AvgIpc) is 2.83. The van der Waals surface area contributed by atoms with Crippen LogP contribution in [0.25, 0.3) is 0 Å². The van der Waals surface area contributed by atoms with Gasteiger partial charge in [0.15, 0.2) is 11.5 Å². The average molecular weight is 477 g/mol. The summed E-state index contributed by atoms with van der Waals surface area (Å²) in [4.78, 5) is 24.4. The Labute approximate surface area is 193 Å². The number of sulfonamides is 1. The number of nitrogens with zero attached hydrogens (tertiary/aromatic N) is 1. The standard InChI is InChI=1S/C23H28N2O7S/c1-3-32-23(28)18-5-7-19(8-6-18)33(29,30)25-12-10-17(11-13-25)22(27)24-15-16-4-9-20(26)21(14-16)31-2/h4-9,14,17,26H,3,10-13,15H2,1-2H3,(H,24,27). The first-order chi connectivity index (χ1) is 15.8. The monoisotopic (exact) mass is 476 g/mol. The molecular formula is C23H28N2O7S. The fraction of sp³-hybridized carbons (Fsp3) is 0.391. The Morgan fingerprint density at radius 1 is 1.12 bits per heavy atom. The van der Waals surface area contributed by atoms with Gasteiger partial charge < -0.3 is 19.9 Å². The third kappa shape index (κ3) is 5.82. The molecule has 178 valence electrons. The van der Waals surface area contributed by atoms with Crippen LogP contribution in [0.15, 0.2) is 47.4 Å². The van der Waals surface area contributed by atoms with Crippen molar-refractivity contribution >= 4 is 21.9 Å². The number of carbonyl (C=O) groups is 2. The van der Waals surface area contributed by atoms with Crippen LogP contribution in [-0.4, -0.2) is 56.5 Å². The molecule has 1 fully saturated rings. The molecule has 10 heteroatoms. The lowest BCUT2D eigenvalue weighted by atomic mass is 9.97. The second-order valence-electron chi connectivity index (χ2n) is 7.65. The summed E-state index contributed by atoms with van der Waals surface area (Å²) in [6, 6.07) is 10.5. The molecule has 2 N–H and O–H groups in total. The molecule has 1 amide bonds. The number of hydrogen-bond donors (Lipinski definition) is 2. The van der Waals surface area contributed by atoms with Gasteiger partial charge in [-0.3, -0.25) is 4.79 Å². The van der Waals surface area contributed by atoms with E-state index in [2.05, 4.69) is 5.32 Å². The van der Waals surface area contributed by atoms with Gasteiger partial charge >= 0.3 is 5.97 Å². The second-order valence-corrected chi connectivity index (χ2v) is 9.59. The van der Waals surface area contributed by atoms with E-state index in [1.54, 1.807) is 19.1 Å². The van der Waals surface area contributed by atoms with Gasteiger partial charge in [-0.25, -0.2) is 13.2 Å². The van der Waals surface area contributed by atoms with Gasteiger partial charge in [0.25, 0.3) is 0 Å². The van der Waals surface area contributed by atoms with E-state index in [1.165, 1.54) is 41.7 Å². The lowest BCUT2D eigenvalue weighted by molar-refractivity contribution is -0.126. The van der Waals surface area contributed by atoms with Gasteiger partial charge in [0.05, 0.1) is 24.2 Å². The molecule has 1 saturated heterocycles. The number of piperidine rings is 1. The van der Waals surface area contributed by atoms with Crippen molar-refractivity contribution in [2.45, 2.75) is 31.2 Å². The fourth-order valence-corrected chi connectivity index (χ4v) is 5.12. The van der Waals surface area contributed by atoms with Crippen molar-refractivity contribution in [3.05, 3.63) is 53.6 Å². The minimum atomic E-state index is -3.72. The summed E-state index contributed by atoms with van der Waals surface area (Å²) in [6.45, 7) is 2.68. The third-order valence-electron chi connectivity index (χ3n) is 5.54. The van der Waals surface area contributed by atoms with Gasteiger partial charge in [0.1, 0.15) is 0 Å². The number of nitrogens with one attached hydrogen (secondary N) is 1. The fourth-order valence-electron chi connectivity index (χ4n) is 3.65. The maximum Gasteiger partial charge on any atom is 0.338 e. The summed E-state index contributed by atoms with van der Waals surface area (Å²) in [5.74, 6) is -0.578. The summed E-state index contributed by atoms with van der Waals surface area (Å²) in [5, 5.41) is 12.5. The highest BCUT2D eigenvalue weighted by Gasteiger charge is 2.32. The molecule has 33 heavy (non-hydrogen) atoms. The van der Waals surface area contributed by atoms with Crippen molar-refractivity contribution in [3.63, 3.8) is 0 Å². The van der Waals surface area contributed by atoms with Gasteiger partial charge in [-0.1, -0.05) is 6.07 Å².